The van der Waals surface area contributed by atoms with Gasteiger partial charge in [-0.2, -0.15) is 0 Å². The van der Waals surface area contributed by atoms with Crippen LogP contribution in [0.25, 0.3) is 0 Å². The number of aliphatic hydroxyl groups is 1. The molecule has 0 radical (unpaired) electrons. The molecule has 3 heteroatoms. The summed E-state index contributed by atoms with van der Waals surface area (Å²) in [6.07, 6.45) is 14.5. The van der Waals surface area contributed by atoms with Gasteiger partial charge in [0.05, 0.1) is 12.7 Å². The predicted octanol–water partition coefficient (Wildman–Crippen LogP) is 4.78. The zero-order valence-corrected chi connectivity index (χ0v) is 14.0. The number of hydrogen-bond acceptors (Lipinski definition) is 3. The normalized spacial score (nSPS) is 12.7. The van der Waals surface area contributed by atoms with Crippen LogP contribution in [0.15, 0.2) is 12.2 Å². The van der Waals surface area contributed by atoms with Crippen LogP contribution >= 0.6 is 0 Å². The van der Waals surface area contributed by atoms with Gasteiger partial charge in [-0.05, 0) is 32.1 Å². The monoisotopic (exact) mass is 298 g/mol. The Morgan fingerprint density at radius 3 is 2.48 bits per heavy atom. The van der Waals surface area contributed by atoms with Crippen molar-refractivity contribution in [3.05, 3.63) is 12.2 Å². The van der Waals surface area contributed by atoms with Crippen molar-refractivity contribution in [1.29, 1.82) is 0 Å². The Morgan fingerprint density at radius 1 is 1.05 bits per heavy atom. The third-order valence-electron chi connectivity index (χ3n) is 3.51. The van der Waals surface area contributed by atoms with Gasteiger partial charge in [-0.25, -0.2) is 0 Å². The molecule has 0 aliphatic heterocycles. The lowest BCUT2D eigenvalue weighted by Gasteiger charge is -2.10. The molecule has 0 spiro atoms. The molecule has 0 aliphatic rings. The van der Waals surface area contributed by atoms with Crippen LogP contribution in [0.5, 0.6) is 0 Å². The van der Waals surface area contributed by atoms with E-state index in [-0.39, 0.29) is 12.1 Å². The number of rotatable bonds is 14. The number of esters is 1. The molecule has 0 aliphatic carbocycles. The number of carbonyl (C=O) groups excluding carboxylic acids is 1. The Balaban J connectivity index is 3.38. The van der Waals surface area contributed by atoms with Crippen molar-refractivity contribution in [2.24, 2.45) is 0 Å². The molecule has 0 fully saturated rings. The first-order valence-corrected chi connectivity index (χ1v) is 8.69. The Labute approximate surface area is 130 Å². The number of hydrogen-bond donors (Lipinski definition) is 1. The number of allylic oxidation sites excluding steroid dienone is 1. The highest BCUT2D eigenvalue weighted by Gasteiger charge is 2.07. The molecular formula is C18H34O3. The molecule has 21 heavy (non-hydrogen) atoms. The summed E-state index contributed by atoms with van der Waals surface area (Å²) in [5.41, 5.74) is 0. The second-order valence-electron chi connectivity index (χ2n) is 5.64. The Hall–Kier alpha value is -0.830. The second-order valence-corrected chi connectivity index (χ2v) is 5.64. The smallest absolute Gasteiger partial charge is 0.305 e. The third kappa shape index (κ3) is 15.4. The van der Waals surface area contributed by atoms with Crippen LogP contribution in [0.4, 0.5) is 0 Å². The first-order chi connectivity index (χ1) is 10.2. The fourth-order valence-electron chi connectivity index (χ4n) is 2.21. The summed E-state index contributed by atoms with van der Waals surface area (Å²) >= 11 is 0. The van der Waals surface area contributed by atoms with Gasteiger partial charge in [-0.15, -0.1) is 0 Å². The van der Waals surface area contributed by atoms with Crippen LogP contribution in [0, 0.1) is 0 Å². The summed E-state index contributed by atoms with van der Waals surface area (Å²) in [6, 6.07) is 0. The summed E-state index contributed by atoms with van der Waals surface area (Å²) in [7, 11) is 0. The zero-order chi connectivity index (χ0) is 15.8. The summed E-state index contributed by atoms with van der Waals surface area (Å²) < 4.78 is 5.12. The van der Waals surface area contributed by atoms with Gasteiger partial charge in [0.25, 0.3) is 0 Å². The van der Waals surface area contributed by atoms with Crippen molar-refractivity contribution in [3.8, 4) is 0 Å². The van der Waals surface area contributed by atoms with Crippen molar-refractivity contribution in [3.63, 3.8) is 0 Å². The maximum atomic E-state index is 11.5. The van der Waals surface area contributed by atoms with Gasteiger partial charge in [-0.3, -0.25) is 4.79 Å². The number of aliphatic hydroxyl groups excluding tert-OH is 1. The average Bonchev–Trinajstić information content (AvgIpc) is 2.47. The van der Waals surface area contributed by atoms with Crippen molar-refractivity contribution in [1.82, 2.24) is 0 Å². The molecule has 0 rings (SSSR count). The number of unbranched alkanes of at least 4 members (excludes halogenated alkanes) is 4. The van der Waals surface area contributed by atoms with E-state index in [1.165, 1.54) is 25.7 Å². The summed E-state index contributed by atoms with van der Waals surface area (Å²) in [5.74, 6) is -0.143. The van der Waals surface area contributed by atoms with Gasteiger partial charge < -0.3 is 9.84 Å². The molecule has 0 amide bonds. The minimum atomic E-state index is -0.257. The van der Waals surface area contributed by atoms with E-state index in [1.807, 2.05) is 6.08 Å². The summed E-state index contributed by atoms with van der Waals surface area (Å²) in [5, 5.41) is 9.83. The maximum Gasteiger partial charge on any atom is 0.305 e. The molecule has 0 saturated carbocycles. The van der Waals surface area contributed by atoms with Crippen molar-refractivity contribution >= 4 is 5.97 Å². The maximum absolute atomic E-state index is 11.5. The van der Waals surface area contributed by atoms with Crippen LogP contribution < -0.4 is 0 Å². The van der Waals surface area contributed by atoms with E-state index >= 15 is 0 Å². The van der Waals surface area contributed by atoms with Gasteiger partial charge in [0, 0.05) is 6.42 Å². The van der Waals surface area contributed by atoms with Gasteiger partial charge >= 0.3 is 5.97 Å². The van der Waals surface area contributed by atoms with Gasteiger partial charge in [-0.1, -0.05) is 58.1 Å². The highest BCUT2D eigenvalue weighted by atomic mass is 16.5. The molecule has 0 aromatic carbocycles. The van der Waals surface area contributed by atoms with E-state index in [0.717, 1.165) is 32.1 Å². The van der Waals surface area contributed by atoms with Crippen LogP contribution in [0.2, 0.25) is 0 Å². The quantitative estimate of drug-likeness (QED) is 0.285. The van der Waals surface area contributed by atoms with Crippen LogP contribution in [-0.2, 0) is 9.53 Å². The fraction of sp³-hybridized carbons (Fsp3) is 0.833. The minimum absolute atomic E-state index is 0.143. The molecule has 1 unspecified atom stereocenters. The summed E-state index contributed by atoms with van der Waals surface area (Å²) in [4.78, 5) is 11.5. The standard InChI is InChI=1S/C18H34O3/c1-3-5-7-9-10-13-17(19)14-12-15-18(20)21-16-11-8-6-4-2/h6,8,17,19H,3-5,7,9-16H2,1-2H3/b8-6-. The van der Waals surface area contributed by atoms with Crippen molar-refractivity contribution < 1.29 is 14.6 Å². The lowest BCUT2D eigenvalue weighted by molar-refractivity contribution is -0.143. The topological polar surface area (TPSA) is 46.5 Å². The molecule has 0 aromatic rings. The third-order valence-corrected chi connectivity index (χ3v) is 3.51. The van der Waals surface area contributed by atoms with Gasteiger partial charge in [0.1, 0.15) is 0 Å². The molecule has 0 heterocycles. The molecule has 0 aromatic heterocycles. The SMILES string of the molecule is CC/C=C\CCOC(=O)CCCC(O)CCCCCCC. The molecule has 1 N–H and O–H groups in total. The average molecular weight is 298 g/mol. The van der Waals surface area contributed by atoms with Crippen molar-refractivity contribution in [2.45, 2.75) is 90.6 Å². The highest BCUT2D eigenvalue weighted by Crippen LogP contribution is 2.11. The lowest BCUT2D eigenvalue weighted by Crippen LogP contribution is -2.09. The predicted molar refractivity (Wildman–Crippen MR) is 88.2 cm³/mol. The van der Waals surface area contributed by atoms with Crippen molar-refractivity contribution in [2.75, 3.05) is 6.61 Å². The fourth-order valence-corrected chi connectivity index (χ4v) is 2.21. The van der Waals surface area contributed by atoms with E-state index in [2.05, 4.69) is 19.9 Å². The molecule has 0 bridgehead atoms. The number of ether oxygens (including phenoxy) is 1. The van der Waals surface area contributed by atoms with Gasteiger partial charge in [0.15, 0.2) is 0 Å². The Morgan fingerprint density at radius 2 is 1.76 bits per heavy atom. The zero-order valence-electron chi connectivity index (χ0n) is 14.0. The van der Waals surface area contributed by atoms with Gasteiger partial charge in [0.2, 0.25) is 0 Å². The second kappa shape index (κ2) is 15.6. The molecule has 124 valence electrons. The van der Waals surface area contributed by atoms with E-state index in [1.54, 1.807) is 0 Å². The highest BCUT2D eigenvalue weighted by molar-refractivity contribution is 5.69. The van der Waals surface area contributed by atoms with E-state index in [9.17, 15) is 9.90 Å². The molecule has 0 saturated heterocycles. The van der Waals surface area contributed by atoms with Crippen LogP contribution in [0.3, 0.4) is 0 Å². The van der Waals surface area contributed by atoms with E-state index in [4.69, 9.17) is 4.74 Å². The van der Waals surface area contributed by atoms with Crippen LogP contribution in [-0.4, -0.2) is 23.8 Å². The first kappa shape index (κ1) is 20.2. The Kier molecular flexibility index (Phi) is 14.9. The largest absolute Gasteiger partial charge is 0.465 e. The Bertz CT molecular complexity index is 261. The molecular weight excluding hydrogens is 264 g/mol. The molecule has 3 nitrogen and oxygen atoms in total. The van der Waals surface area contributed by atoms with E-state index in [0.29, 0.717) is 19.4 Å². The van der Waals surface area contributed by atoms with Crippen LogP contribution in [0.1, 0.15) is 84.5 Å². The minimum Gasteiger partial charge on any atom is -0.465 e. The van der Waals surface area contributed by atoms with E-state index < -0.39 is 0 Å². The summed E-state index contributed by atoms with van der Waals surface area (Å²) in [6.45, 7) is 4.75. The number of carbonyl (C=O) groups is 1. The first-order valence-electron chi connectivity index (χ1n) is 8.69. The lowest BCUT2D eigenvalue weighted by atomic mass is 10.0. The molecule has 1 atom stereocenters.